The Morgan fingerprint density at radius 2 is 1.82 bits per heavy atom. The predicted molar refractivity (Wildman–Crippen MR) is 133 cm³/mol. The maximum absolute atomic E-state index is 12.6. The molecule has 0 spiro atoms. The van der Waals surface area contributed by atoms with Gasteiger partial charge in [-0.15, -0.1) is 0 Å². The molecular weight excluding hydrogens is 436 g/mol. The zero-order chi connectivity index (χ0) is 24.0. The Balaban J connectivity index is 1.63. The topological polar surface area (TPSA) is 67.2 Å². The van der Waals surface area contributed by atoms with Crippen LogP contribution in [0.15, 0.2) is 54.6 Å². The Morgan fingerprint density at radius 1 is 1.12 bits per heavy atom. The van der Waals surface area contributed by atoms with Crippen molar-refractivity contribution in [2.24, 2.45) is 0 Å². The average Bonchev–Trinajstić information content (AvgIpc) is 3.06. The van der Waals surface area contributed by atoms with Crippen LogP contribution in [0.25, 0.3) is 6.08 Å². The second-order valence-corrected chi connectivity index (χ2v) is 8.38. The van der Waals surface area contributed by atoms with E-state index in [0.29, 0.717) is 17.3 Å². The zero-order valence-corrected chi connectivity index (χ0v) is 20.2. The number of aryl methyl sites for hydroxylation is 3. The minimum Gasteiger partial charge on any atom is -0.333 e. The van der Waals surface area contributed by atoms with Gasteiger partial charge in [-0.3, -0.25) is 9.59 Å². The highest BCUT2D eigenvalue weighted by molar-refractivity contribution is 6.31. The van der Waals surface area contributed by atoms with E-state index in [9.17, 15) is 9.59 Å². The Labute approximate surface area is 199 Å². The second-order valence-electron chi connectivity index (χ2n) is 8.02. The van der Waals surface area contributed by atoms with E-state index in [2.05, 4.69) is 10.4 Å². The van der Waals surface area contributed by atoms with Crippen molar-refractivity contribution < 1.29 is 9.59 Å². The van der Waals surface area contributed by atoms with E-state index in [4.69, 9.17) is 11.6 Å². The number of hydrogen-bond acceptors (Lipinski definition) is 3. The predicted octanol–water partition coefficient (Wildman–Crippen LogP) is 4.87. The van der Waals surface area contributed by atoms with Crippen LogP contribution in [0.3, 0.4) is 0 Å². The molecule has 6 nitrogen and oxygen atoms in total. The van der Waals surface area contributed by atoms with Crippen LogP contribution in [0, 0.1) is 13.8 Å². The van der Waals surface area contributed by atoms with Crippen LogP contribution in [-0.2, 0) is 22.6 Å². The van der Waals surface area contributed by atoms with Crippen molar-refractivity contribution in [2.75, 3.05) is 18.9 Å². The SMILES string of the molecule is CCc1ccccc1NC(=O)CN(C)C(=O)/C=C/c1c(C)nn(Cc2ccc(C)cc2)c1Cl. The first-order valence-electron chi connectivity index (χ1n) is 10.9. The van der Waals surface area contributed by atoms with Crippen molar-refractivity contribution >= 4 is 35.2 Å². The number of carbonyl (C=O) groups excluding carboxylic acids is 2. The van der Waals surface area contributed by atoms with E-state index in [-0.39, 0.29) is 18.4 Å². The fourth-order valence-corrected chi connectivity index (χ4v) is 3.74. The average molecular weight is 465 g/mol. The Bertz CT molecular complexity index is 1170. The molecular formula is C26H29ClN4O2. The molecule has 1 heterocycles. The maximum Gasteiger partial charge on any atom is 0.246 e. The Hall–Kier alpha value is -3.38. The summed E-state index contributed by atoms with van der Waals surface area (Å²) in [5.74, 6) is -0.545. The minimum absolute atomic E-state index is 0.0549. The molecule has 0 atom stereocenters. The van der Waals surface area contributed by atoms with Crippen molar-refractivity contribution in [1.29, 1.82) is 0 Å². The van der Waals surface area contributed by atoms with E-state index >= 15 is 0 Å². The molecule has 0 unspecified atom stereocenters. The van der Waals surface area contributed by atoms with Crippen LogP contribution >= 0.6 is 11.6 Å². The highest BCUT2D eigenvalue weighted by atomic mass is 35.5. The van der Waals surface area contributed by atoms with Crippen molar-refractivity contribution in [3.8, 4) is 0 Å². The van der Waals surface area contributed by atoms with E-state index in [1.54, 1.807) is 17.8 Å². The molecule has 1 aromatic heterocycles. The van der Waals surface area contributed by atoms with Crippen molar-refractivity contribution in [1.82, 2.24) is 14.7 Å². The molecule has 3 aromatic rings. The third-order valence-electron chi connectivity index (χ3n) is 5.38. The van der Waals surface area contributed by atoms with Gasteiger partial charge in [0.05, 0.1) is 18.8 Å². The van der Waals surface area contributed by atoms with Gasteiger partial charge in [0.15, 0.2) is 0 Å². The molecule has 0 saturated heterocycles. The van der Waals surface area contributed by atoms with Crippen LogP contribution in [0.5, 0.6) is 0 Å². The van der Waals surface area contributed by atoms with Crippen LogP contribution in [0.2, 0.25) is 5.15 Å². The summed E-state index contributed by atoms with van der Waals surface area (Å²) in [5.41, 5.74) is 5.51. The number of carbonyl (C=O) groups is 2. The number of amides is 2. The summed E-state index contributed by atoms with van der Waals surface area (Å²) in [6, 6.07) is 15.8. The fourth-order valence-electron chi connectivity index (χ4n) is 3.44. The third-order valence-corrected chi connectivity index (χ3v) is 5.78. The monoisotopic (exact) mass is 464 g/mol. The summed E-state index contributed by atoms with van der Waals surface area (Å²) in [4.78, 5) is 26.3. The number of halogens is 1. The maximum atomic E-state index is 12.6. The highest BCUT2D eigenvalue weighted by Crippen LogP contribution is 2.22. The first-order chi connectivity index (χ1) is 15.8. The summed E-state index contributed by atoms with van der Waals surface area (Å²) in [6.07, 6.45) is 3.88. The third kappa shape index (κ3) is 6.33. The second kappa shape index (κ2) is 11.0. The molecule has 7 heteroatoms. The lowest BCUT2D eigenvalue weighted by Gasteiger charge is -2.16. The molecule has 0 bridgehead atoms. The molecule has 0 aliphatic carbocycles. The summed E-state index contributed by atoms with van der Waals surface area (Å²) in [5, 5.41) is 7.85. The van der Waals surface area contributed by atoms with Gasteiger partial charge in [0.1, 0.15) is 5.15 Å². The van der Waals surface area contributed by atoms with Crippen molar-refractivity contribution in [3.63, 3.8) is 0 Å². The lowest BCUT2D eigenvalue weighted by atomic mass is 10.1. The Morgan fingerprint density at radius 3 is 2.52 bits per heavy atom. The molecule has 0 saturated carbocycles. The Kier molecular flexibility index (Phi) is 8.06. The number of anilines is 1. The molecule has 0 radical (unpaired) electrons. The van der Waals surface area contributed by atoms with Crippen molar-refractivity contribution in [2.45, 2.75) is 33.7 Å². The number of benzene rings is 2. The van der Waals surface area contributed by atoms with Crippen LogP contribution in [0.4, 0.5) is 5.69 Å². The quantitative estimate of drug-likeness (QED) is 0.483. The van der Waals surface area contributed by atoms with E-state index < -0.39 is 0 Å². The lowest BCUT2D eigenvalue weighted by molar-refractivity contribution is -0.129. The number of para-hydroxylation sites is 1. The molecule has 0 fully saturated rings. The molecule has 33 heavy (non-hydrogen) atoms. The van der Waals surface area contributed by atoms with Gasteiger partial charge < -0.3 is 10.2 Å². The van der Waals surface area contributed by atoms with Gasteiger partial charge in [0.25, 0.3) is 0 Å². The fraction of sp³-hybridized carbons (Fsp3) is 0.269. The van der Waals surface area contributed by atoms with E-state index in [1.165, 1.54) is 16.5 Å². The molecule has 0 aliphatic rings. The number of likely N-dealkylation sites (N-methyl/N-ethyl adjacent to an activating group) is 1. The highest BCUT2D eigenvalue weighted by Gasteiger charge is 2.15. The van der Waals surface area contributed by atoms with Gasteiger partial charge in [-0.1, -0.05) is 66.6 Å². The van der Waals surface area contributed by atoms with Crippen LogP contribution in [0.1, 0.15) is 34.9 Å². The largest absolute Gasteiger partial charge is 0.333 e. The molecule has 1 N–H and O–H groups in total. The molecule has 2 amide bonds. The van der Waals surface area contributed by atoms with Gasteiger partial charge in [-0.05, 0) is 43.5 Å². The van der Waals surface area contributed by atoms with Gasteiger partial charge in [0.2, 0.25) is 11.8 Å². The molecule has 3 rings (SSSR count). The number of rotatable bonds is 8. The van der Waals surface area contributed by atoms with Crippen molar-refractivity contribution in [3.05, 3.63) is 87.7 Å². The first-order valence-corrected chi connectivity index (χ1v) is 11.3. The zero-order valence-electron chi connectivity index (χ0n) is 19.4. The molecule has 2 aromatic carbocycles. The lowest BCUT2D eigenvalue weighted by Crippen LogP contribution is -2.34. The molecule has 172 valence electrons. The summed E-state index contributed by atoms with van der Waals surface area (Å²) >= 11 is 6.54. The van der Waals surface area contributed by atoms with Gasteiger partial charge in [-0.25, -0.2) is 4.68 Å². The van der Waals surface area contributed by atoms with Gasteiger partial charge in [0, 0.05) is 24.4 Å². The number of hydrogen-bond donors (Lipinski definition) is 1. The minimum atomic E-state index is -0.296. The normalized spacial score (nSPS) is 11.1. The van der Waals surface area contributed by atoms with Crippen LogP contribution < -0.4 is 5.32 Å². The molecule has 0 aliphatic heterocycles. The van der Waals surface area contributed by atoms with Gasteiger partial charge in [-0.2, -0.15) is 5.10 Å². The van der Waals surface area contributed by atoms with Gasteiger partial charge >= 0.3 is 0 Å². The van der Waals surface area contributed by atoms with E-state index in [0.717, 1.165) is 28.9 Å². The number of nitrogens with one attached hydrogen (secondary N) is 1. The summed E-state index contributed by atoms with van der Waals surface area (Å²) in [7, 11) is 1.59. The number of aromatic nitrogens is 2. The standard InChI is InChI=1S/C26H29ClN4O2/c1-5-21-8-6-7-9-23(21)28-24(32)17-30(4)25(33)15-14-22-19(3)29-31(26(22)27)16-20-12-10-18(2)11-13-20/h6-15H,5,16-17H2,1-4H3,(H,28,32)/b15-14+. The first kappa shape index (κ1) is 24.3. The van der Waals surface area contributed by atoms with E-state index in [1.807, 2.05) is 69.3 Å². The number of nitrogens with zero attached hydrogens (tertiary/aromatic N) is 3. The summed E-state index contributed by atoms with van der Waals surface area (Å²) in [6.45, 7) is 6.41. The summed E-state index contributed by atoms with van der Waals surface area (Å²) < 4.78 is 1.72. The van der Waals surface area contributed by atoms with Crippen LogP contribution in [-0.4, -0.2) is 40.1 Å². The smallest absolute Gasteiger partial charge is 0.246 e.